The van der Waals surface area contributed by atoms with Crippen molar-refractivity contribution in [3.8, 4) is 0 Å². The van der Waals surface area contributed by atoms with Crippen LogP contribution < -0.4 is 0 Å². The minimum atomic E-state index is -3.76. The fourth-order valence-corrected chi connectivity index (χ4v) is 5.10. The molecule has 1 aromatic heterocycles. The molecule has 2 aromatic rings. The molecule has 2 unspecified atom stereocenters. The molecule has 0 fully saturated rings. The molecule has 1 heterocycles. The first-order chi connectivity index (χ1) is 11.2. The number of thiophene rings is 1. The number of fused-ring (bicyclic) bond motifs is 1. The van der Waals surface area contributed by atoms with Gasteiger partial charge in [0.05, 0.1) is 17.9 Å². The first kappa shape index (κ1) is 18.9. The van der Waals surface area contributed by atoms with Crippen LogP contribution in [0.25, 0.3) is 10.1 Å². The van der Waals surface area contributed by atoms with Gasteiger partial charge in [0.1, 0.15) is 0 Å². The minimum absolute atomic E-state index is 0.175. The molecule has 1 aromatic carbocycles. The number of ether oxygens (including phenoxy) is 1. The SMILES string of the molecule is CC(C)OC(C(C)N(O)C=O)S(=O)(=O)Cc1ccc2sccc2c1. The van der Waals surface area contributed by atoms with Gasteiger partial charge in [-0.05, 0) is 55.3 Å². The minimum Gasteiger partial charge on any atom is -0.357 e. The van der Waals surface area contributed by atoms with Crippen molar-refractivity contribution >= 4 is 37.7 Å². The molecule has 0 aliphatic carbocycles. The normalized spacial score (nSPS) is 14.7. The number of carbonyl (C=O) groups is 1. The van der Waals surface area contributed by atoms with Gasteiger partial charge in [-0.1, -0.05) is 6.07 Å². The van der Waals surface area contributed by atoms with Crippen LogP contribution in [-0.4, -0.2) is 42.7 Å². The number of rotatable bonds is 8. The van der Waals surface area contributed by atoms with Crippen molar-refractivity contribution in [2.75, 3.05) is 0 Å². The molecule has 0 bridgehead atoms. The largest absolute Gasteiger partial charge is 0.357 e. The van der Waals surface area contributed by atoms with Crippen molar-refractivity contribution in [3.05, 3.63) is 35.2 Å². The Morgan fingerprint density at radius 2 is 2.00 bits per heavy atom. The number of hydroxylamine groups is 2. The highest BCUT2D eigenvalue weighted by Gasteiger charge is 2.35. The Bertz CT molecular complexity index is 800. The summed E-state index contributed by atoms with van der Waals surface area (Å²) in [6, 6.07) is 6.40. The van der Waals surface area contributed by atoms with Crippen LogP contribution in [0.1, 0.15) is 26.3 Å². The van der Waals surface area contributed by atoms with Crippen LogP contribution in [-0.2, 0) is 25.1 Å². The third kappa shape index (κ3) is 4.32. The lowest BCUT2D eigenvalue weighted by Crippen LogP contribution is -2.46. The number of amides is 1. The lowest BCUT2D eigenvalue weighted by molar-refractivity contribution is -0.168. The van der Waals surface area contributed by atoms with Crippen molar-refractivity contribution in [2.45, 2.75) is 44.1 Å². The second-order valence-corrected chi connectivity index (χ2v) is 8.91. The Morgan fingerprint density at radius 3 is 2.62 bits per heavy atom. The molecule has 6 nitrogen and oxygen atoms in total. The predicted octanol–water partition coefficient (Wildman–Crippen LogP) is 2.80. The highest BCUT2D eigenvalue weighted by Crippen LogP contribution is 2.25. The summed E-state index contributed by atoms with van der Waals surface area (Å²) in [5, 5.41) is 12.8. The standard InChI is InChI=1S/C16H21NO5S2/c1-11(2)22-16(12(3)17(19)10-18)24(20,21)9-13-4-5-15-14(8-13)6-7-23-15/h4-8,10-12,16,19H,9H2,1-3H3. The summed E-state index contributed by atoms with van der Waals surface area (Å²) in [5.74, 6) is -0.229. The summed E-state index contributed by atoms with van der Waals surface area (Å²) in [6.07, 6.45) is -0.194. The Morgan fingerprint density at radius 1 is 1.29 bits per heavy atom. The number of benzene rings is 1. The van der Waals surface area contributed by atoms with Crippen LogP contribution in [0.5, 0.6) is 0 Å². The second-order valence-electron chi connectivity index (χ2n) is 5.88. The maximum atomic E-state index is 12.8. The number of sulfone groups is 1. The van der Waals surface area contributed by atoms with Crippen LogP contribution in [0.3, 0.4) is 0 Å². The molecule has 1 amide bonds. The van der Waals surface area contributed by atoms with Crippen molar-refractivity contribution in [1.82, 2.24) is 5.06 Å². The summed E-state index contributed by atoms with van der Waals surface area (Å²) in [5.41, 5.74) is -0.674. The molecule has 2 atom stereocenters. The first-order valence-corrected chi connectivity index (χ1v) is 10.1. The van der Waals surface area contributed by atoms with Gasteiger partial charge in [-0.2, -0.15) is 0 Å². The zero-order chi connectivity index (χ0) is 17.9. The van der Waals surface area contributed by atoms with E-state index in [2.05, 4.69) is 0 Å². The zero-order valence-corrected chi connectivity index (χ0v) is 15.4. The molecule has 132 valence electrons. The van der Waals surface area contributed by atoms with E-state index in [1.165, 1.54) is 6.92 Å². The van der Waals surface area contributed by atoms with E-state index in [1.54, 1.807) is 31.3 Å². The number of hydrogen-bond donors (Lipinski definition) is 1. The summed E-state index contributed by atoms with van der Waals surface area (Å²) in [6.45, 7) is 4.84. The third-order valence-corrected chi connectivity index (χ3v) is 6.41. The van der Waals surface area contributed by atoms with Gasteiger partial charge in [-0.25, -0.2) is 13.5 Å². The van der Waals surface area contributed by atoms with Gasteiger partial charge >= 0.3 is 0 Å². The van der Waals surface area contributed by atoms with Gasteiger partial charge < -0.3 is 4.74 Å². The first-order valence-electron chi connectivity index (χ1n) is 7.50. The number of carbonyl (C=O) groups excluding carboxylic acids is 1. The highest BCUT2D eigenvalue weighted by molar-refractivity contribution is 7.91. The van der Waals surface area contributed by atoms with E-state index in [9.17, 15) is 18.4 Å². The van der Waals surface area contributed by atoms with Crippen LogP contribution in [0, 0.1) is 0 Å². The van der Waals surface area contributed by atoms with Gasteiger partial charge in [-0.15, -0.1) is 11.3 Å². The van der Waals surface area contributed by atoms with Crippen molar-refractivity contribution in [1.29, 1.82) is 0 Å². The Labute approximate surface area is 145 Å². The van der Waals surface area contributed by atoms with E-state index in [0.717, 1.165) is 10.1 Å². The van der Waals surface area contributed by atoms with Crippen molar-refractivity contribution in [2.24, 2.45) is 0 Å². The molecular weight excluding hydrogens is 350 g/mol. The van der Waals surface area contributed by atoms with Gasteiger partial charge in [0.25, 0.3) is 0 Å². The summed E-state index contributed by atoms with van der Waals surface area (Å²) in [7, 11) is -3.76. The Balaban J connectivity index is 2.30. The lowest BCUT2D eigenvalue weighted by atomic mass is 10.2. The van der Waals surface area contributed by atoms with Crippen LogP contribution >= 0.6 is 11.3 Å². The van der Waals surface area contributed by atoms with Crippen LogP contribution in [0.15, 0.2) is 29.6 Å². The van der Waals surface area contributed by atoms with E-state index in [-0.39, 0.29) is 18.3 Å². The number of hydrogen-bond acceptors (Lipinski definition) is 6. The van der Waals surface area contributed by atoms with E-state index >= 15 is 0 Å². The van der Waals surface area contributed by atoms with Crippen LogP contribution in [0.2, 0.25) is 0 Å². The van der Waals surface area contributed by atoms with E-state index < -0.39 is 21.3 Å². The average Bonchev–Trinajstić information content (AvgIpc) is 2.98. The smallest absolute Gasteiger partial charge is 0.233 e. The maximum Gasteiger partial charge on any atom is 0.233 e. The molecule has 0 saturated carbocycles. The summed E-state index contributed by atoms with van der Waals surface area (Å²) >= 11 is 1.59. The molecule has 0 spiro atoms. The predicted molar refractivity (Wildman–Crippen MR) is 93.6 cm³/mol. The van der Waals surface area contributed by atoms with Gasteiger partial charge in [0, 0.05) is 4.70 Å². The number of nitrogens with zero attached hydrogens (tertiary/aromatic N) is 1. The highest BCUT2D eigenvalue weighted by atomic mass is 32.2. The molecule has 8 heteroatoms. The lowest BCUT2D eigenvalue weighted by Gasteiger charge is -2.29. The fourth-order valence-electron chi connectivity index (χ4n) is 2.41. The van der Waals surface area contributed by atoms with Gasteiger partial charge in [0.2, 0.25) is 6.41 Å². The van der Waals surface area contributed by atoms with Gasteiger partial charge in [-0.3, -0.25) is 10.0 Å². The molecule has 1 N–H and O–H groups in total. The third-order valence-electron chi connectivity index (χ3n) is 3.56. The molecule has 0 aliphatic heterocycles. The molecule has 2 rings (SSSR count). The maximum absolute atomic E-state index is 12.8. The average molecular weight is 371 g/mol. The molecule has 0 aliphatic rings. The second kappa shape index (κ2) is 7.60. The monoisotopic (exact) mass is 371 g/mol. The van der Waals surface area contributed by atoms with E-state index in [0.29, 0.717) is 10.6 Å². The molecule has 0 radical (unpaired) electrons. The van der Waals surface area contributed by atoms with Crippen molar-refractivity contribution < 1.29 is 23.2 Å². The van der Waals surface area contributed by atoms with Crippen LogP contribution in [0.4, 0.5) is 0 Å². The molecule has 0 saturated heterocycles. The Kier molecular flexibility index (Phi) is 5.97. The quantitative estimate of drug-likeness (QED) is 0.438. The van der Waals surface area contributed by atoms with E-state index in [1.807, 2.05) is 23.6 Å². The topological polar surface area (TPSA) is 83.9 Å². The summed E-state index contributed by atoms with van der Waals surface area (Å²) in [4.78, 5) is 10.8. The van der Waals surface area contributed by atoms with Crippen molar-refractivity contribution in [3.63, 3.8) is 0 Å². The zero-order valence-electron chi connectivity index (χ0n) is 13.7. The summed E-state index contributed by atoms with van der Waals surface area (Å²) < 4.78 is 32.2. The van der Waals surface area contributed by atoms with Gasteiger partial charge in [0.15, 0.2) is 15.3 Å². The Hall–Kier alpha value is -1.48. The van der Waals surface area contributed by atoms with E-state index in [4.69, 9.17) is 4.74 Å². The molecule has 24 heavy (non-hydrogen) atoms. The molecular formula is C16H21NO5S2. The fraction of sp³-hybridized carbons (Fsp3) is 0.438.